The average Bonchev–Trinajstić information content (AvgIpc) is 3.64. The van der Waals surface area contributed by atoms with Crippen molar-refractivity contribution in [1.82, 2.24) is 9.13 Å². The molecule has 0 radical (unpaired) electrons. The number of fused-ring (bicyclic) bond motifs is 2. The van der Waals surface area contributed by atoms with Gasteiger partial charge in [-0.15, -0.1) is 0 Å². The zero-order valence-corrected chi connectivity index (χ0v) is 23.6. The summed E-state index contributed by atoms with van der Waals surface area (Å²) in [6.45, 7) is 6.02. The maximum atomic E-state index is 14.0. The highest BCUT2D eigenvalue weighted by atomic mass is 32.1. The first-order valence-electron chi connectivity index (χ1n) is 13.2. The Morgan fingerprint density at radius 2 is 1.93 bits per heavy atom. The van der Waals surface area contributed by atoms with Crippen molar-refractivity contribution in [2.75, 3.05) is 6.61 Å². The molecular weight excluding hydrogens is 536 g/mol. The highest BCUT2D eigenvalue weighted by molar-refractivity contribution is 7.07. The highest BCUT2D eigenvalue weighted by Crippen LogP contribution is 2.32. The minimum Gasteiger partial charge on any atom is -0.464 e. The van der Waals surface area contributed by atoms with Gasteiger partial charge in [0.05, 0.1) is 34.0 Å². The van der Waals surface area contributed by atoms with Crippen LogP contribution in [0.25, 0.3) is 17.0 Å². The molecule has 8 nitrogen and oxygen atoms in total. The SMILES string of the molecule is CCOC(=O)C1=C(C)N=c2s/c(=C/c3cn(Cc4ccccc4C#N)c4ccccc34)c(=O)n2[C@H]1c1ccc(C)o1. The molecule has 1 aliphatic rings. The second-order valence-corrected chi connectivity index (χ2v) is 10.8. The van der Waals surface area contributed by atoms with Crippen LogP contribution in [-0.2, 0) is 16.1 Å². The van der Waals surface area contributed by atoms with Crippen LogP contribution in [0, 0.1) is 18.3 Å². The van der Waals surface area contributed by atoms with Gasteiger partial charge < -0.3 is 13.7 Å². The monoisotopic (exact) mass is 562 g/mol. The highest BCUT2D eigenvalue weighted by Gasteiger charge is 2.35. The molecule has 0 N–H and O–H groups in total. The van der Waals surface area contributed by atoms with Gasteiger partial charge in [-0.3, -0.25) is 9.36 Å². The third kappa shape index (κ3) is 4.62. The van der Waals surface area contributed by atoms with Gasteiger partial charge >= 0.3 is 5.97 Å². The topological polar surface area (TPSA) is 103 Å². The molecule has 0 amide bonds. The molecule has 6 rings (SSSR count). The Labute approximate surface area is 239 Å². The molecule has 1 aliphatic heterocycles. The van der Waals surface area contributed by atoms with Gasteiger partial charge in [0.1, 0.15) is 17.6 Å². The number of carbonyl (C=O) groups is 1. The summed E-state index contributed by atoms with van der Waals surface area (Å²) >= 11 is 1.27. The fourth-order valence-electron chi connectivity index (χ4n) is 5.27. The van der Waals surface area contributed by atoms with Gasteiger partial charge in [-0.1, -0.05) is 47.7 Å². The van der Waals surface area contributed by atoms with Crippen molar-refractivity contribution in [2.24, 2.45) is 4.99 Å². The van der Waals surface area contributed by atoms with Crippen molar-refractivity contribution in [2.45, 2.75) is 33.4 Å². The van der Waals surface area contributed by atoms with Gasteiger partial charge in [0, 0.05) is 29.2 Å². The van der Waals surface area contributed by atoms with E-state index in [4.69, 9.17) is 9.15 Å². The number of allylic oxidation sites excluding steroid dienone is 1. The Morgan fingerprint density at radius 3 is 2.68 bits per heavy atom. The summed E-state index contributed by atoms with van der Waals surface area (Å²) in [5.41, 5.74) is 3.90. The van der Waals surface area contributed by atoms with E-state index in [1.54, 1.807) is 19.9 Å². The van der Waals surface area contributed by atoms with Crippen LogP contribution in [0.3, 0.4) is 0 Å². The molecule has 41 heavy (non-hydrogen) atoms. The summed E-state index contributed by atoms with van der Waals surface area (Å²) in [5, 5.41) is 10.6. The number of esters is 1. The van der Waals surface area contributed by atoms with E-state index < -0.39 is 12.0 Å². The predicted octanol–water partition coefficient (Wildman–Crippen LogP) is 4.57. The van der Waals surface area contributed by atoms with E-state index in [-0.39, 0.29) is 17.7 Å². The summed E-state index contributed by atoms with van der Waals surface area (Å²) in [7, 11) is 0. The molecule has 9 heteroatoms. The van der Waals surface area contributed by atoms with Gasteiger partial charge in [0.15, 0.2) is 4.80 Å². The fourth-order valence-corrected chi connectivity index (χ4v) is 6.31. The summed E-state index contributed by atoms with van der Waals surface area (Å²) in [6, 6.07) is 20.6. The minimum atomic E-state index is -0.787. The molecule has 0 bridgehead atoms. The van der Waals surface area contributed by atoms with Gasteiger partial charge in [-0.05, 0) is 56.7 Å². The molecular formula is C32H26N4O4S. The van der Waals surface area contributed by atoms with Gasteiger partial charge in [0.2, 0.25) is 0 Å². The van der Waals surface area contributed by atoms with E-state index in [1.165, 1.54) is 15.9 Å². The molecule has 0 aliphatic carbocycles. The van der Waals surface area contributed by atoms with E-state index in [2.05, 4.69) is 15.6 Å². The van der Waals surface area contributed by atoms with Crippen molar-refractivity contribution in [3.8, 4) is 6.07 Å². The summed E-state index contributed by atoms with van der Waals surface area (Å²) < 4.78 is 15.4. The van der Waals surface area contributed by atoms with Crippen LogP contribution < -0.4 is 14.9 Å². The number of carbonyl (C=O) groups excluding carboxylic acids is 1. The smallest absolute Gasteiger partial charge is 0.338 e. The van der Waals surface area contributed by atoms with Gasteiger partial charge in [0.25, 0.3) is 5.56 Å². The molecule has 0 spiro atoms. The first-order chi connectivity index (χ1) is 19.9. The molecule has 0 saturated carbocycles. The summed E-state index contributed by atoms with van der Waals surface area (Å²) in [6.07, 6.45) is 3.87. The number of hydrogen-bond acceptors (Lipinski definition) is 7. The Bertz CT molecular complexity index is 2080. The van der Waals surface area contributed by atoms with Crippen molar-refractivity contribution < 1.29 is 13.9 Å². The molecule has 0 fully saturated rings. The van der Waals surface area contributed by atoms with Crippen LogP contribution in [0.1, 0.15) is 48.1 Å². The normalized spacial score (nSPS) is 15.1. The van der Waals surface area contributed by atoms with Gasteiger partial charge in [-0.25, -0.2) is 9.79 Å². The first-order valence-corrected chi connectivity index (χ1v) is 14.0. The number of hydrogen-bond donors (Lipinski definition) is 0. The quantitative estimate of drug-likeness (QED) is 0.282. The van der Waals surface area contributed by atoms with Gasteiger partial charge in [-0.2, -0.15) is 5.26 Å². The number of benzene rings is 2. The van der Waals surface area contributed by atoms with Crippen LogP contribution in [0.5, 0.6) is 0 Å². The van der Waals surface area contributed by atoms with Crippen molar-refractivity contribution >= 4 is 34.3 Å². The maximum Gasteiger partial charge on any atom is 0.338 e. The predicted molar refractivity (Wildman–Crippen MR) is 156 cm³/mol. The van der Waals surface area contributed by atoms with Crippen LogP contribution in [0.4, 0.5) is 0 Å². The van der Waals surface area contributed by atoms with Crippen molar-refractivity contribution in [1.29, 1.82) is 5.26 Å². The van der Waals surface area contributed by atoms with Crippen LogP contribution in [0.2, 0.25) is 0 Å². The lowest BCUT2D eigenvalue weighted by molar-refractivity contribution is -0.139. The number of nitriles is 1. The molecule has 1 atom stereocenters. The fraction of sp³-hybridized carbons (Fsp3) is 0.188. The van der Waals surface area contributed by atoms with Crippen LogP contribution in [0.15, 0.2) is 92.3 Å². The first kappa shape index (κ1) is 26.3. The third-order valence-electron chi connectivity index (χ3n) is 7.13. The number of aromatic nitrogens is 2. The van der Waals surface area contributed by atoms with E-state index in [0.29, 0.717) is 38.7 Å². The second-order valence-electron chi connectivity index (χ2n) is 9.75. The average molecular weight is 563 g/mol. The molecule has 0 unspecified atom stereocenters. The Kier molecular flexibility index (Phi) is 6.77. The molecule has 4 heterocycles. The molecule has 0 saturated heterocycles. The van der Waals surface area contributed by atoms with E-state index >= 15 is 0 Å². The van der Waals surface area contributed by atoms with Crippen molar-refractivity contribution in [3.05, 3.63) is 126 Å². The molecule has 3 aromatic heterocycles. The summed E-state index contributed by atoms with van der Waals surface area (Å²) in [5.74, 6) is 0.619. The number of ether oxygens (including phenoxy) is 1. The standard InChI is InChI=1S/C32H26N4O4S/c1-4-39-31(38)28-20(3)34-32-36(29(28)26-14-13-19(2)40-26)30(37)27(41-32)15-23-18-35(25-12-8-7-11-24(23)25)17-22-10-6-5-9-21(22)16-33/h5-15,18,29H,4,17H2,1-3H3/b27-15+/t29-/m0/s1. The number of rotatable bonds is 6. The van der Waals surface area contributed by atoms with Crippen LogP contribution in [-0.4, -0.2) is 21.7 Å². The third-order valence-corrected chi connectivity index (χ3v) is 8.12. The van der Waals surface area contributed by atoms with E-state index in [9.17, 15) is 14.9 Å². The molecule has 2 aromatic carbocycles. The van der Waals surface area contributed by atoms with E-state index in [1.807, 2.05) is 73.8 Å². The lowest BCUT2D eigenvalue weighted by Gasteiger charge is -2.22. The number of thiazole rings is 1. The largest absolute Gasteiger partial charge is 0.464 e. The van der Waals surface area contributed by atoms with Crippen LogP contribution >= 0.6 is 11.3 Å². The number of nitrogens with zero attached hydrogens (tertiary/aromatic N) is 4. The second kappa shape index (κ2) is 10.6. The number of para-hydroxylation sites is 1. The lowest BCUT2D eigenvalue weighted by atomic mass is 10.0. The van der Waals surface area contributed by atoms with Crippen molar-refractivity contribution in [3.63, 3.8) is 0 Å². The number of furan rings is 1. The summed E-state index contributed by atoms with van der Waals surface area (Å²) in [4.78, 5) is 32.1. The number of aryl methyl sites for hydroxylation is 1. The molecule has 204 valence electrons. The van der Waals surface area contributed by atoms with E-state index in [0.717, 1.165) is 22.0 Å². The maximum absolute atomic E-state index is 14.0. The Morgan fingerprint density at radius 1 is 1.15 bits per heavy atom. The zero-order chi connectivity index (χ0) is 28.7. The lowest BCUT2D eigenvalue weighted by Crippen LogP contribution is -2.39. The Balaban J connectivity index is 1.51. The minimum absolute atomic E-state index is 0.201. The Hall–Kier alpha value is -4.94. The molecule has 5 aromatic rings. The zero-order valence-electron chi connectivity index (χ0n) is 22.7.